The quantitative estimate of drug-likeness (QED) is 0.808. The van der Waals surface area contributed by atoms with Gasteiger partial charge in [-0.3, -0.25) is 4.79 Å². The number of sulfonamides is 1. The zero-order chi connectivity index (χ0) is 12.4. The van der Waals surface area contributed by atoms with Crippen molar-refractivity contribution in [3.63, 3.8) is 0 Å². The molecular formula is C9H17NO4S2. The Bertz CT molecular complexity index is 364. The lowest BCUT2D eigenvalue weighted by atomic mass is 10.2. The van der Waals surface area contributed by atoms with Gasteiger partial charge >= 0.3 is 5.97 Å². The van der Waals surface area contributed by atoms with Crippen molar-refractivity contribution in [3.8, 4) is 0 Å². The Balaban J connectivity index is 2.65. The topological polar surface area (TPSA) is 74.7 Å². The van der Waals surface area contributed by atoms with Crippen molar-refractivity contribution in [2.75, 3.05) is 24.6 Å². The highest BCUT2D eigenvalue weighted by Gasteiger charge is 2.33. The van der Waals surface area contributed by atoms with Gasteiger partial charge in [-0.15, -0.1) is 0 Å². The molecular weight excluding hydrogens is 250 g/mol. The Kier molecular flexibility index (Phi) is 4.25. The van der Waals surface area contributed by atoms with E-state index in [1.54, 1.807) is 11.8 Å². The van der Waals surface area contributed by atoms with E-state index in [2.05, 4.69) is 0 Å². The predicted molar refractivity (Wildman–Crippen MR) is 64.1 cm³/mol. The maximum atomic E-state index is 11.8. The van der Waals surface area contributed by atoms with Crippen LogP contribution in [-0.2, 0) is 14.8 Å². The fourth-order valence-corrected chi connectivity index (χ4v) is 4.44. The first-order valence-electron chi connectivity index (χ1n) is 5.06. The molecule has 0 saturated carbocycles. The largest absolute Gasteiger partial charge is 0.481 e. The van der Waals surface area contributed by atoms with Crippen LogP contribution in [0, 0.1) is 0 Å². The molecule has 0 unspecified atom stereocenters. The van der Waals surface area contributed by atoms with Crippen molar-refractivity contribution in [3.05, 3.63) is 0 Å². The van der Waals surface area contributed by atoms with Crippen LogP contribution in [0.5, 0.6) is 0 Å². The van der Waals surface area contributed by atoms with Crippen molar-refractivity contribution >= 4 is 27.8 Å². The van der Waals surface area contributed by atoms with E-state index in [1.165, 1.54) is 4.31 Å². The Morgan fingerprint density at radius 1 is 1.50 bits per heavy atom. The molecule has 0 aromatic rings. The molecule has 0 spiro atoms. The summed E-state index contributed by atoms with van der Waals surface area (Å²) in [5.41, 5.74) is 0. The summed E-state index contributed by atoms with van der Waals surface area (Å²) in [5, 5.41) is 8.49. The molecule has 0 radical (unpaired) electrons. The lowest BCUT2D eigenvalue weighted by molar-refractivity contribution is -0.136. The van der Waals surface area contributed by atoms with Crippen LogP contribution >= 0.6 is 11.8 Å². The van der Waals surface area contributed by atoms with E-state index in [4.69, 9.17) is 5.11 Å². The van der Waals surface area contributed by atoms with Crippen LogP contribution in [0.2, 0.25) is 0 Å². The third-order valence-corrected chi connectivity index (χ3v) is 5.47. The number of thioether (sulfide) groups is 1. The second-order valence-electron chi connectivity index (χ2n) is 4.40. The molecule has 1 N–H and O–H groups in total. The van der Waals surface area contributed by atoms with Crippen LogP contribution in [0.15, 0.2) is 0 Å². The third-order valence-electron chi connectivity index (χ3n) is 2.36. The van der Waals surface area contributed by atoms with E-state index in [0.29, 0.717) is 13.1 Å². The highest BCUT2D eigenvalue weighted by molar-refractivity contribution is 8.00. The standard InChI is InChI=1S/C9H17NO4S2/c1-9(2)7-10(4-5-15-9)16(13,14)6-3-8(11)12/h3-7H2,1-2H3,(H,11,12). The summed E-state index contributed by atoms with van der Waals surface area (Å²) >= 11 is 1.74. The smallest absolute Gasteiger partial charge is 0.304 e. The summed E-state index contributed by atoms with van der Waals surface area (Å²) in [6, 6.07) is 0. The van der Waals surface area contributed by atoms with Crippen LogP contribution in [-0.4, -0.2) is 53.1 Å². The summed E-state index contributed by atoms with van der Waals surface area (Å²) in [6.07, 6.45) is -0.327. The second-order valence-corrected chi connectivity index (χ2v) is 8.29. The number of hydrogen-bond donors (Lipinski definition) is 1. The number of carbonyl (C=O) groups is 1. The Morgan fingerprint density at radius 2 is 2.12 bits per heavy atom. The first-order valence-corrected chi connectivity index (χ1v) is 7.66. The van der Waals surface area contributed by atoms with E-state index in [1.807, 2.05) is 13.8 Å². The van der Waals surface area contributed by atoms with E-state index >= 15 is 0 Å². The average molecular weight is 267 g/mol. The molecule has 0 aliphatic carbocycles. The van der Waals surface area contributed by atoms with E-state index in [9.17, 15) is 13.2 Å². The monoisotopic (exact) mass is 267 g/mol. The van der Waals surface area contributed by atoms with Crippen molar-refractivity contribution in [2.45, 2.75) is 25.0 Å². The molecule has 0 amide bonds. The van der Waals surface area contributed by atoms with Crippen LogP contribution in [0.3, 0.4) is 0 Å². The van der Waals surface area contributed by atoms with Gasteiger partial charge in [-0.05, 0) is 13.8 Å². The molecule has 0 atom stereocenters. The third kappa shape index (κ3) is 3.95. The van der Waals surface area contributed by atoms with E-state index < -0.39 is 16.0 Å². The molecule has 94 valence electrons. The highest BCUT2D eigenvalue weighted by atomic mass is 32.2. The minimum absolute atomic E-state index is 0.0887. The summed E-state index contributed by atoms with van der Waals surface area (Å²) in [7, 11) is -3.41. The van der Waals surface area contributed by atoms with Crippen molar-refractivity contribution in [2.24, 2.45) is 0 Å². The Morgan fingerprint density at radius 3 is 2.62 bits per heavy atom. The number of nitrogens with zero attached hydrogens (tertiary/aromatic N) is 1. The molecule has 5 nitrogen and oxygen atoms in total. The molecule has 7 heteroatoms. The van der Waals surface area contributed by atoms with Crippen molar-refractivity contribution in [1.82, 2.24) is 4.31 Å². The van der Waals surface area contributed by atoms with Gasteiger partial charge in [-0.25, -0.2) is 8.42 Å². The normalized spacial score (nSPS) is 21.9. The molecule has 0 bridgehead atoms. The maximum Gasteiger partial charge on any atom is 0.304 e. The van der Waals surface area contributed by atoms with Gasteiger partial charge in [0.15, 0.2) is 0 Å². The minimum atomic E-state index is -3.41. The second kappa shape index (κ2) is 4.93. The van der Waals surface area contributed by atoms with E-state index in [0.717, 1.165) is 5.75 Å². The van der Waals surface area contributed by atoms with Crippen LogP contribution in [0.4, 0.5) is 0 Å². The average Bonchev–Trinajstić information content (AvgIpc) is 2.13. The zero-order valence-electron chi connectivity index (χ0n) is 9.47. The first kappa shape index (κ1) is 13.8. The minimum Gasteiger partial charge on any atom is -0.481 e. The van der Waals surface area contributed by atoms with Crippen molar-refractivity contribution in [1.29, 1.82) is 0 Å². The summed E-state index contributed by atoms with van der Waals surface area (Å²) < 4.78 is 25.0. The van der Waals surface area contributed by atoms with Gasteiger partial charge in [0, 0.05) is 23.6 Å². The Labute approximate surface area is 100 Å². The zero-order valence-corrected chi connectivity index (χ0v) is 11.1. The molecule has 1 aliphatic rings. The van der Waals surface area contributed by atoms with Gasteiger partial charge in [0.1, 0.15) is 0 Å². The van der Waals surface area contributed by atoms with Crippen molar-refractivity contribution < 1.29 is 18.3 Å². The van der Waals surface area contributed by atoms with Gasteiger partial charge in [0.05, 0.1) is 12.2 Å². The van der Waals surface area contributed by atoms with Gasteiger partial charge in [0.25, 0.3) is 0 Å². The van der Waals surface area contributed by atoms with Crippen LogP contribution in [0.1, 0.15) is 20.3 Å². The van der Waals surface area contributed by atoms with E-state index in [-0.39, 0.29) is 16.9 Å². The fourth-order valence-electron chi connectivity index (χ4n) is 1.56. The van der Waals surface area contributed by atoms with Crippen LogP contribution in [0.25, 0.3) is 0 Å². The number of aliphatic carboxylic acids is 1. The van der Waals surface area contributed by atoms with Gasteiger partial charge in [-0.1, -0.05) is 0 Å². The maximum absolute atomic E-state index is 11.8. The first-order chi connectivity index (χ1) is 7.23. The summed E-state index contributed by atoms with van der Waals surface area (Å²) in [6.45, 7) is 4.93. The number of hydrogen-bond acceptors (Lipinski definition) is 4. The Hall–Kier alpha value is -0.270. The number of carboxylic acids is 1. The molecule has 0 aromatic carbocycles. The molecule has 1 fully saturated rings. The lowest BCUT2D eigenvalue weighted by Crippen LogP contribution is -2.47. The highest BCUT2D eigenvalue weighted by Crippen LogP contribution is 2.30. The SMILES string of the molecule is CC1(C)CN(S(=O)(=O)CCC(=O)O)CCS1. The lowest BCUT2D eigenvalue weighted by Gasteiger charge is -2.36. The molecule has 0 aromatic heterocycles. The van der Waals surface area contributed by atoms with Gasteiger partial charge in [0.2, 0.25) is 10.0 Å². The molecule has 1 aliphatic heterocycles. The fraction of sp³-hybridized carbons (Fsp3) is 0.889. The number of carboxylic acid groups (broad SMARTS) is 1. The molecule has 1 rings (SSSR count). The predicted octanol–water partition coefficient (Wildman–Crippen LogP) is 0.618. The molecule has 1 heterocycles. The summed E-state index contributed by atoms with van der Waals surface area (Å²) in [5.74, 6) is -0.614. The molecule has 16 heavy (non-hydrogen) atoms. The van der Waals surface area contributed by atoms with Crippen LogP contribution < -0.4 is 0 Å². The number of rotatable bonds is 4. The summed E-state index contributed by atoms with van der Waals surface area (Å²) in [4.78, 5) is 10.4. The molecule has 1 saturated heterocycles. The van der Waals surface area contributed by atoms with Gasteiger partial charge < -0.3 is 5.11 Å². The van der Waals surface area contributed by atoms with Gasteiger partial charge in [-0.2, -0.15) is 16.1 Å².